The van der Waals surface area contributed by atoms with Crippen molar-refractivity contribution in [2.75, 3.05) is 34.9 Å². The van der Waals surface area contributed by atoms with Gasteiger partial charge in [-0.15, -0.1) is 11.3 Å². The maximum Gasteiger partial charge on any atom is 0.245 e. The lowest BCUT2D eigenvalue weighted by atomic mass is 9.89. The van der Waals surface area contributed by atoms with E-state index in [4.69, 9.17) is 9.47 Å². The number of likely N-dealkylation sites (tertiary alicyclic amines) is 1. The molecule has 2 heterocycles. The number of carbonyl (C=O) groups excluding carboxylic acids is 4. The molecule has 2 N–H and O–H groups in total. The third kappa shape index (κ3) is 11.7. The second-order valence-electron chi connectivity index (χ2n) is 15.3. The molecular weight excluding hydrogens is 681 g/mol. The van der Waals surface area contributed by atoms with E-state index in [1.54, 1.807) is 32.4 Å². The van der Waals surface area contributed by atoms with Crippen LogP contribution in [0.1, 0.15) is 106 Å². The van der Waals surface area contributed by atoms with Crippen LogP contribution in [0.3, 0.4) is 0 Å². The Morgan fingerprint density at radius 3 is 2.12 bits per heavy atom. The van der Waals surface area contributed by atoms with Gasteiger partial charge in [0, 0.05) is 45.4 Å². The van der Waals surface area contributed by atoms with E-state index in [2.05, 4.69) is 48.2 Å². The van der Waals surface area contributed by atoms with Gasteiger partial charge in [0.15, 0.2) is 0 Å². The van der Waals surface area contributed by atoms with Crippen molar-refractivity contribution in [3.63, 3.8) is 0 Å². The minimum absolute atomic E-state index is 0.00211. The average Bonchev–Trinajstić information content (AvgIpc) is 3.82. The number of amides is 4. The van der Waals surface area contributed by atoms with E-state index in [1.165, 1.54) is 11.3 Å². The first-order valence-electron chi connectivity index (χ1n) is 19.4. The summed E-state index contributed by atoms with van der Waals surface area (Å²) in [6.45, 7) is 19.1. The number of methoxy groups -OCH3 is 2. The average molecular weight is 751 g/mol. The molecule has 1 aliphatic heterocycles. The predicted molar refractivity (Wildman–Crippen MR) is 208 cm³/mol. The van der Waals surface area contributed by atoms with Crippen molar-refractivity contribution in [3.05, 3.63) is 16.6 Å². The number of carbonyl (C=O) groups is 4. The summed E-state index contributed by atoms with van der Waals surface area (Å²) in [6, 6.07) is -1.57. The summed E-state index contributed by atoms with van der Waals surface area (Å²) in [7, 11) is 6.94. The van der Waals surface area contributed by atoms with Crippen LogP contribution in [0.2, 0.25) is 0 Å². The Morgan fingerprint density at radius 2 is 1.62 bits per heavy atom. The number of nitrogens with one attached hydrogen (secondary N) is 2. The number of likely N-dealkylation sites (N-methyl/N-ethyl adjacent to an activating group) is 2. The van der Waals surface area contributed by atoms with Gasteiger partial charge in [0.1, 0.15) is 11.0 Å². The van der Waals surface area contributed by atoms with Crippen LogP contribution in [-0.4, -0.2) is 121 Å². The highest BCUT2D eigenvalue weighted by atomic mass is 32.1. The quantitative estimate of drug-likeness (QED) is 0.170. The number of thiazole rings is 1. The van der Waals surface area contributed by atoms with Crippen LogP contribution < -0.4 is 10.6 Å². The van der Waals surface area contributed by atoms with Crippen LogP contribution in [0.15, 0.2) is 11.6 Å². The highest BCUT2D eigenvalue weighted by Crippen LogP contribution is 2.30. The fourth-order valence-electron chi connectivity index (χ4n) is 7.99. The molecule has 0 aliphatic carbocycles. The monoisotopic (exact) mass is 751 g/mol. The van der Waals surface area contributed by atoms with E-state index in [0.717, 1.165) is 37.1 Å². The number of nitrogens with zero attached hydrogens (tertiary/aromatic N) is 4. The Morgan fingerprint density at radius 1 is 0.962 bits per heavy atom. The van der Waals surface area contributed by atoms with E-state index in [0.29, 0.717) is 13.1 Å². The lowest BCUT2D eigenvalue weighted by Gasteiger charge is -2.41. The van der Waals surface area contributed by atoms with Crippen LogP contribution in [-0.2, 0) is 35.2 Å². The van der Waals surface area contributed by atoms with Crippen molar-refractivity contribution in [2.45, 2.75) is 150 Å². The third-order valence-electron chi connectivity index (χ3n) is 11.2. The molecule has 2 rings (SSSR count). The lowest BCUT2D eigenvalue weighted by Crippen LogP contribution is -2.60. The molecule has 298 valence electrons. The van der Waals surface area contributed by atoms with E-state index in [-0.39, 0.29) is 65.9 Å². The molecule has 0 bridgehead atoms. The molecular formula is C39H70N6O6S. The van der Waals surface area contributed by atoms with Crippen LogP contribution in [0.5, 0.6) is 0 Å². The van der Waals surface area contributed by atoms with E-state index in [9.17, 15) is 19.2 Å². The highest BCUT2D eigenvalue weighted by molar-refractivity contribution is 7.09. The van der Waals surface area contributed by atoms with Gasteiger partial charge in [0.2, 0.25) is 23.6 Å². The highest BCUT2D eigenvalue weighted by Gasteiger charge is 2.43. The first-order chi connectivity index (χ1) is 24.6. The second kappa shape index (κ2) is 21.9. The first-order valence-corrected chi connectivity index (χ1v) is 20.3. The molecule has 52 heavy (non-hydrogen) atoms. The van der Waals surface area contributed by atoms with Crippen LogP contribution in [0.4, 0.5) is 0 Å². The number of hydrogen-bond acceptors (Lipinski definition) is 9. The Balaban J connectivity index is 2.27. The summed E-state index contributed by atoms with van der Waals surface area (Å²) in [5, 5.41) is 8.79. The minimum atomic E-state index is -0.748. The zero-order valence-electron chi connectivity index (χ0n) is 34.3. The van der Waals surface area contributed by atoms with E-state index in [1.807, 2.05) is 51.9 Å². The maximum absolute atomic E-state index is 14.4. The number of ether oxygens (including phenoxy) is 2. The van der Waals surface area contributed by atoms with Gasteiger partial charge in [-0.1, -0.05) is 68.7 Å². The summed E-state index contributed by atoms with van der Waals surface area (Å²) in [5.41, 5.74) is 0. The fraction of sp³-hybridized carbons (Fsp3) is 0.821. The Labute approximate surface area is 318 Å². The van der Waals surface area contributed by atoms with Crippen molar-refractivity contribution in [1.82, 2.24) is 30.3 Å². The molecule has 8 atom stereocenters. The number of hydrogen-bond donors (Lipinski definition) is 2. The van der Waals surface area contributed by atoms with Gasteiger partial charge < -0.3 is 29.9 Å². The van der Waals surface area contributed by atoms with Crippen molar-refractivity contribution >= 4 is 35.0 Å². The molecule has 0 unspecified atom stereocenters. The standard InChI is InChI=1S/C39H70N6O6S/c1-14-26(8)35(44(11)39(49)33(24(4)5)42-38(48)34(25(6)7)43(10)28(15-2)16-3)30(50-12)22-32(46)45-20-17-18-29(45)36(51-13)27(9)37(47)41-23-31-40-19-21-52-31/h19,21,24-30,33-36H,14-18,20,22-23H2,1-13H3,(H,41,47)(H,42,48)/t26-,27+,29-,30+,33-,34-,35-,36+/m0/s1. The lowest BCUT2D eigenvalue weighted by molar-refractivity contribution is -0.148. The van der Waals surface area contributed by atoms with Gasteiger partial charge >= 0.3 is 0 Å². The fourth-order valence-corrected chi connectivity index (χ4v) is 8.55. The van der Waals surface area contributed by atoms with Crippen molar-refractivity contribution in [3.8, 4) is 0 Å². The maximum atomic E-state index is 14.4. The summed E-state index contributed by atoms with van der Waals surface area (Å²) in [6.07, 6.45) is 4.83. The number of rotatable bonds is 22. The van der Waals surface area contributed by atoms with Crippen LogP contribution >= 0.6 is 11.3 Å². The molecule has 1 aromatic heterocycles. The van der Waals surface area contributed by atoms with Crippen LogP contribution in [0.25, 0.3) is 0 Å². The number of aromatic nitrogens is 1. The Kier molecular flexibility index (Phi) is 19.2. The smallest absolute Gasteiger partial charge is 0.245 e. The van der Waals surface area contributed by atoms with Gasteiger partial charge in [0.25, 0.3) is 0 Å². The van der Waals surface area contributed by atoms with E-state index < -0.39 is 30.2 Å². The molecule has 1 fully saturated rings. The largest absolute Gasteiger partial charge is 0.379 e. The van der Waals surface area contributed by atoms with Crippen molar-refractivity contribution in [1.29, 1.82) is 0 Å². The molecule has 12 nitrogen and oxygen atoms in total. The molecule has 0 saturated carbocycles. The molecule has 0 radical (unpaired) electrons. The van der Waals surface area contributed by atoms with E-state index >= 15 is 0 Å². The molecule has 13 heteroatoms. The van der Waals surface area contributed by atoms with Crippen LogP contribution in [0, 0.1) is 23.7 Å². The molecule has 1 saturated heterocycles. The molecule has 4 amide bonds. The van der Waals surface area contributed by atoms with Gasteiger partial charge in [-0.05, 0) is 50.5 Å². The predicted octanol–water partition coefficient (Wildman–Crippen LogP) is 4.97. The minimum Gasteiger partial charge on any atom is -0.379 e. The molecule has 1 aliphatic rings. The second-order valence-corrected chi connectivity index (χ2v) is 16.3. The zero-order valence-corrected chi connectivity index (χ0v) is 35.1. The molecule has 1 aromatic rings. The summed E-state index contributed by atoms with van der Waals surface area (Å²) in [5.74, 6) is -1.21. The molecule has 0 spiro atoms. The van der Waals surface area contributed by atoms with Crippen molar-refractivity contribution in [2.24, 2.45) is 23.7 Å². The topological polar surface area (TPSA) is 133 Å². The summed E-state index contributed by atoms with van der Waals surface area (Å²) >= 11 is 1.48. The van der Waals surface area contributed by atoms with Crippen molar-refractivity contribution < 1.29 is 28.7 Å². The van der Waals surface area contributed by atoms with Gasteiger partial charge in [-0.25, -0.2) is 4.98 Å². The van der Waals surface area contributed by atoms with Gasteiger partial charge in [-0.2, -0.15) is 0 Å². The Hall–Kier alpha value is -2.61. The summed E-state index contributed by atoms with van der Waals surface area (Å²) in [4.78, 5) is 65.5. The Bertz CT molecular complexity index is 1240. The van der Waals surface area contributed by atoms with Gasteiger partial charge in [-0.3, -0.25) is 24.1 Å². The molecule has 0 aromatic carbocycles. The SMILES string of the molecule is CCC(CC)N(C)[C@H](C(=O)N[C@H](C(=O)N(C)[C@@H]([C@@H](C)CC)[C@@H](CC(=O)N1CCC[C@H]1[C@H](OC)[C@@H](C)C(=O)NCc1nccs1)OC)C(C)C)C(C)C. The van der Waals surface area contributed by atoms with Gasteiger partial charge in [0.05, 0.1) is 49.2 Å². The summed E-state index contributed by atoms with van der Waals surface area (Å²) < 4.78 is 12.0. The third-order valence-corrected chi connectivity index (χ3v) is 12.0. The normalized spacial score (nSPS) is 19.0. The first kappa shape index (κ1) is 45.5. The zero-order chi connectivity index (χ0) is 39.3.